The maximum absolute atomic E-state index is 13.0. The quantitative estimate of drug-likeness (QED) is 0.829. The van der Waals surface area contributed by atoms with Crippen molar-refractivity contribution >= 4 is 5.69 Å². The zero-order valence-electron chi connectivity index (χ0n) is 9.71. The highest BCUT2D eigenvalue weighted by molar-refractivity contribution is 5.48. The summed E-state index contributed by atoms with van der Waals surface area (Å²) in [6, 6.07) is 4.95. The third-order valence-electron chi connectivity index (χ3n) is 2.21. The first-order chi connectivity index (χ1) is 6.79. The molecule has 0 saturated carbocycles. The number of halogens is 1. The Morgan fingerprint density at radius 1 is 1.40 bits per heavy atom. The molecule has 0 heterocycles. The molecular formula is C12H18FNO. The van der Waals surface area contributed by atoms with E-state index in [1.165, 1.54) is 6.07 Å². The van der Waals surface area contributed by atoms with Crippen molar-refractivity contribution in [3.05, 3.63) is 29.6 Å². The van der Waals surface area contributed by atoms with E-state index in [1.54, 1.807) is 32.9 Å². The molecule has 0 aliphatic rings. The van der Waals surface area contributed by atoms with E-state index in [4.69, 9.17) is 0 Å². The van der Waals surface area contributed by atoms with Crippen molar-refractivity contribution in [2.75, 3.05) is 18.5 Å². The van der Waals surface area contributed by atoms with Gasteiger partial charge in [0.1, 0.15) is 5.82 Å². The summed E-state index contributed by atoms with van der Waals surface area (Å²) >= 11 is 0. The second-order valence-electron chi connectivity index (χ2n) is 4.60. The Morgan fingerprint density at radius 3 is 2.47 bits per heavy atom. The fourth-order valence-electron chi connectivity index (χ4n) is 1.54. The largest absolute Gasteiger partial charge is 0.389 e. The van der Waals surface area contributed by atoms with Crippen LogP contribution in [0.25, 0.3) is 0 Å². The molecule has 1 aromatic carbocycles. The molecule has 15 heavy (non-hydrogen) atoms. The molecule has 1 N–H and O–H groups in total. The van der Waals surface area contributed by atoms with Crippen molar-refractivity contribution in [3.63, 3.8) is 0 Å². The van der Waals surface area contributed by atoms with Gasteiger partial charge in [-0.1, -0.05) is 0 Å². The normalized spacial score (nSPS) is 11.6. The average Bonchev–Trinajstić information content (AvgIpc) is 2.06. The molecule has 0 aliphatic heterocycles. The fourth-order valence-corrected chi connectivity index (χ4v) is 1.54. The van der Waals surface area contributed by atoms with Crippen LogP contribution >= 0.6 is 0 Å². The predicted molar refractivity (Wildman–Crippen MR) is 60.7 cm³/mol. The molecule has 0 saturated heterocycles. The van der Waals surface area contributed by atoms with Gasteiger partial charge >= 0.3 is 0 Å². The van der Waals surface area contributed by atoms with Gasteiger partial charge in [-0.3, -0.25) is 0 Å². The summed E-state index contributed by atoms with van der Waals surface area (Å²) in [5, 5.41) is 9.66. The Hall–Kier alpha value is -1.09. The minimum absolute atomic E-state index is 0.199. The van der Waals surface area contributed by atoms with Gasteiger partial charge in [0, 0.05) is 19.3 Å². The molecule has 0 aliphatic carbocycles. The molecule has 0 fully saturated rings. The molecule has 0 atom stereocenters. The lowest BCUT2D eigenvalue weighted by Crippen LogP contribution is -2.36. The Morgan fingerprint density at radius 2 is 2.00 bits per heavy atom. The van der Waals surface area contributed by atoms with Gasteiger partial charge in [-0.2, -0.15) is 0 Å². The van der Waals surface area contributed by atoms with Crippen molar-refractivity contribution in [1.29, 1.82) is 0 Å². The number of likely N-dealkylation sites (N-methyl/N-ethyl adjacent to an activating group) is 1. The first kappa shape index (κ1) is 12.0. The van der Waals surface area contributed by atoms with Gasteiger partial charge < -0.3 is 10.0 Å². The summed E-state index contributed by atoms with van der Waals surface area (Å²) in [7, 11) is 1.88. The molecule has 3 heteroatoms. The maximum Gasteiger partial charge on any atom is 0.126 e. The third-order valence-corrected chi connectivity index (χ3v) is 2.21. The van der Waals surface area contributed by atoms with Crippen LogP contribution in [0.1, 0.15) is 19.4 Å². The summed E-state index contributed by atoms with van der Waals surface area (Å²) in [5.74, 6) is -0.199. The fraction of sp³-hybridized carbons (Fsp3) is 0.500. The van der Waals surface area contributed by atoms with Crippen LogP contribution in [0.15, 0.2) is 18.2 Å². The Balaban J connectivity index is 2.83. The van der Waals surface area contributed by atoms with Crippen LogP contribution in [0.3, 0.4) is 0 Å². The maximum atomic E-state index is 13.0. The number of nitrogens with zero attached hydrogens (tertiary/aromatic N) is 1. The predicted octanol–water partition coefficient (Wildman–Crippen LogP) is 2.34. The summed E-state index contributed by atoms with van der Waals surface area (Å²) in [6.45, 7) is 5.74. The van der Waals surface area contributed by atoms with E-state index in [2.05, 4.69) is 0 Å². The highest BCUT2D eigenvalue weighted by Crippen LogP contribution is 2.18. The Labute approximate surface area is 90.3 Å². The topological polar surface area (TPSA) is 23.5 Å². The first-order valence-electron chi connectivity index (χ1n) is 4.99. The molecule has 0 radical (unpaired) electrons. The zero-order chi connectivity index (χ0) is 11.6. The molecule has 0 bridgehead atoms. The summed E-state index contributed by atoms with van der Waals surface area (Å²) in [4.78, 5) is 1.91. The highest BCUT2D eigenvalue weighted by Gasteiger charge is 2.16. The van der Waals surface area contributed by atoms with Crippen LogP contribution in [0.5, 0.6) is 0 Å². The third kappa shape index (κ3) is 3.51. The van der Waals surface area contributed by atoms with Crippen LogP contribution in [-0.2, 0) is 0 Å². The second-order valence-corrected chi connectivity index (χ2v) is 4.60. The van der Waals surface area contributed by atoms with Gasteiger partial charge in [-0.25, -0.2) is 4.39 Å². The summed E-state index contributed by atoms with van der Waals surface area (Å²) in [5.41, 5.74) is 0.781. The van der Waals surface area contributed by atoms with E-state index in [0.717, 1.165) is 5.69 Å². The zero-order valence-corrected chi connectivity index (χ0v) is 9.71. The highest BCUT2D eigenvalue weighted by atomic mass is 19.1. The first-order valence-corrected chi connectivity index (χ1v) is 4.99. The number of anilines is 1. The number of hydrogen-bond donors (Lipinski definition) is 1. The summed E-state index contributed by atoms with van der Waals surface area (Å²) < 4.78 is 13.0. The van der Waals surface area contributed by atoms with Gasteiger partial charge in [0.2, 0.25) is 0 Å². The Bertz CT molecular complexity index is 344. The van der Waals surface area contributed by atoms with E-state index >= 15 is 0 Å². The molecule has 0 amide bonds. The number of aryl methyl sites for hydroxylation is 1. The van der Waals surface area contributed by atoms with E-state index in [0.29, 0.717) is 12.1 Å². The molecule has 2 nitrogen and oxygen atoms in total. The molecule has 0 aromatic heterocycles. The second kappa shape index (κ2) is 4.19. The van der Waals surface area contributed by atoms with Gasteiger partial charge in [-0.15, -0.1) is 0 Å². The van der Waals surface area contributed by atoms with Crippen LogP contribution < -0.4 is 4.90 Å². The number of hydrogen-bond acceptors (Lipinski definition) is 2. The number of rotatable bonds is 3. The number of aliphatic hydroxyl groups is 1. The molecule has 1 aromatic rings. The van der Waals surface area contributed by atoms with Crippen molar-refractivity contribution in [3.8, 4) is 0 Å². The van der Waals surface area contributed by atoms with Crippen molar-refractivity contribution in [2.24, 2.45) is 0 Å². The average molecular weight is 211 g/mol. The lowest BCUT2D eigenvalue weighted by molar-refractivity contribution is 0.0886. The van der Waals surface area contributed by atoms with Crippen LogP contribution in [0, 0.1) is 12.7 Å². The van der Waals surface area contributed by atoms with E-state index < -0.39 is 5.60 Å². The minimum Gasteiger partial charge on any atom is -0.389 e. The SMILES string of the molecule is Cc1cc(N(C)CC(C)(C)O)ccc1F. The smallest absolute Gasteiger partial charge is 0.126 e. The van der Waals surface area contributed by atoms with E-state index in [9.17, 15) is 9.50 Å². The molecule has 1 rings (SSSR count). The van der Waals surface area contributed by atoms with Gasteiger partial charge in [0.15, 0.2) is 0 Å². The van der Waals surface area contributed by atoms with Crippen molar-refractivity contribution in [2.45, 2.75) is 26.4 Å². The van der Waals surface area contributed by atoms with Gasteiger partial charge in [-0.05, 0) is 44.5 Å². The number of benzene rings is 1. The van der Waals surface area contributed by atoms with Crippen LogP contribution in [0.2, 0.25) is 0 Å². The van der Waals surface area contributed by atoms with Crippen LogP contribution in [0.4, 0.5) is 10.1 Å². The molecular weight excluding hydrogens is 193 g/mol. The lowest BCUT2D eigenvalue weighted by atomic mass is 10.1. The van der Waals surface area contributed by atoms with Crippen molar-refractivity contribution in [1.82, 2.24) is 0 Å². The monoisotopic (exact) mass is 211 g/mol. The Kier molecular flexibility index (Phi) is 3.35. The van der Waals surface area contributed by atoms with E-state index in [1.807, 2.05) is 11.9 Å². The van der Waals surface area contributed by atoms with Gasteiger partial charge in [0.25, 0.3) is 0 Å². The minimum atomic E-state index is -0.753. The standard InChI is InChI=1S/C12H18FNO/c1-9-7-10(5-6-11(9)13)14(4)8-12(2,3)15/h5-7,15H,8H2,1-4H3. The lowest BCUT2D eigenvalue weighted by Gasteiger charge is -2.27. The summed E-state index contributed by atoms with van der Waals surface area (Å²) in [6.07, 6.45) is 0. The van der Waals surface area contributed by atoms with Gasteiger partial charge in [0.05, 0.1) is 5.60 Å². The molecule has 84 valence electrons. The van der Waals surface area contributed by atoms with E-state index in [-0.39, 0.29) is 5.82 Å². The van der Waals surface area contributed by atoms with Crippen LogP contribution in [-0.4, -0.2) is 24.3 Å². The van der Waals surface area contributed by atoms with Crippen molar-refractivity contribution < 1.29 is 9.50 Å². The molecule has 0 unspecified atom stereocenters. The molecule has 0 spiro atoms.